The molecule has 4 nitrogen and oxygen atoms in total. The van der Waals surface area contributed by atoms with Crippen molar-refractivity contribution in [3.05, 3.63) is 65.2 Å². The molecule has 2 aromatic rings. The number of ether oxygens (including phenoxy) is 1. The average molecular weight is 305 g/mol. The number of esters is 1. The van der Waals surface area contributed by atoms with Gasteiger partial charge in [-0.1, -0.05) is 17.7 Å². The van der Waals surface area contributed by atoms with Crippen LogP contribution < -0.4 is 5.32 Å². The molecule has 0 unspecified atom stereocenters. The standard InChI is InChI=1S/C16H13F2NO3/c1-10-3-2-4-11(5-10)16(21)22-9-15(20)19-14-7-12(17)6-13(18)8-14/h2-8H,9H2,1H3,(H,19,20). The van der Waals surface area contributed by atoms with Crippen molar-refractivity contribution in [1.29, 1.82) is 0 Å². The summed E-state index contributed by atoms with van der Waals surface area (Å²) in [6, 6.07) is 9.32. The van der Waals surface area contributed by atoms with Gasteiger partial charge in [0.2, 0.25) is 0 Å². The van der Waals surface area contributed by atoms with E-state index in [1.807, 2.05) is 13.0 Å². The molecule has 1 N–H and O–H groups in total. The topological polar surface area (TPSA) is 55.4 Å². The van der Waals surface area contributed by atoms with E-state index in [2.05, 4.69) is 5.32 Å². The molecule has 0 aromatic heterocycles. The number of halogens is 2. The molecule has 0 aliphatic rings. The van der Waals surface area contributed by atoms with Gasteiger partial charge in [-0.3, -0.25) is 4.79 Å². The molecule has 0 saturated carbocycles. The number of amides is 1. The van der Waals surface area contributed by atoms with Crippen LogP contribution in [0.25, 0.3) is 0 Å². The predicted octanol–water partition coefficient (Wildman–Crippen LogP) is 3.07. The van der Waals surface area contributed by atoms with Gasteiger partial charge >= 0.3 is 5.97 Å². The second-order valence-electron chi connectivity index (χ2n) is 4.65. The number of nitrogens with one attached hydrogen (secondary N) is 1. The number of hydrogen-bond donors (Lipinski definition) is 1. The zero-order valence-electron chi connectivity index (χ0n) is 11.7. The SMILES string of the molecule is Cc1cccc(C(=O)OCC(=O)Nc2cc(F)cc(F)c2)c1. The summed E-state index contributed by atoms with van der Waals surface area (Å²) < 4.78 is 30.8. The van der Waals surface area contributed by atoms with Crippen LogP contribution in [0.1, 0.15) is 15.9 Å². The molecule has 0 spiro atoms. The fraction of sp³-hybridized carbons (Fsp3) is 0.125. The van der Waals surface area contributed by atoms with Crippen LogP contribution in [0, 0.1) is 18.6 Å². The Labute approximate surface area is 125 Å². The summed E-state index contributed by atoms with van der Waals surface area (Å²) in [7, 11) is 0. The van der Waals surface area contributed by atoms with Gasteiger partial charge in [-0.05, 0) is 31.2 Å². The molecular weight excluding hydrogens is 292 g/mol. The first-order valence-corrected chi connectivity index (χ1v) is 6.44. The molecular formula is C16H13F2NO3. The van der Waals surface area contributed by atoms with Gasteiger partial charge in [-0.25, -0.2) is 13.6 Å². The largest absolute Gasteiger partial charge is 0.452 e. The number of anilines is 1. The van der Waals surface area contributed by atoms with Crippen LogP contribution in [0.4, 0.5) is 14.5 Å². The number of rotatable bonds is 4. The van der Waals surface area contributed by atoms with Gasteiger partial charge in [-0.15, -0.1) is 0 Å². The van der Waals surface area contributed by atoms with Crippen molar-refractivity contribution in [2.75, 3.05) is 11.9 Å². The van der Waals surface area contributed by atoms with Crippen LogP contribution in [0.15, 0.2) is 42.5 Å². The summed E-state index contributed by atoms with van der Waals surface area (Å²) in [5, 5.41) is 2.25. The number of aryl methyl sites for hydroxylation is 1. The van der Waals surface area contributed by atoms with Crippen molar-refractivity contribution in [3.8, 4) is 0 Å². The minimum absolute atomic E-state index is 0.0471. The molecule has 1 amide bonds. The van der Waals surface area contributed by atoms with Crippen molar-refractivity contribution < 1.29 is 23.1 Å². The number of hydrogen-bond acceptors (Lipinski definition) is 3. The Bertz CT molecular complexity index is 696. The van der Waals surface area contributed by atoms with E-state index >= 15 is 0 Å². The summed E-state index contributed by atoms with van der Waals surface area (Å²) >= 11 is 0. The zero-order chi connectivity index (χ0) is 16.1. The highest BCUT2D eigenvalue weighted by atomic mass is 19.1. The van der Waals surface area contributed by atoms with Crippen LogP contribution in [-0.2, 0) is 9.53 Å². The lowest BCUT2D eigenvalue weighted by Crippen LogP contribution is -2.21. The highest BCUT2D eigenvalue weighted by molar-refractivity contribution is 5.95. The van der Waals surface area contributed by atoms with Gasteiger partial charge in [0.05, 0.1) is 5.56 Å². The van der Waals surface area contributed by atoms with Crippen molar-refractivity contribution in [1.82, 2.24) is 0 Å². The van der Waals surface area contributed by atoms with Crippen molar-refractivity contribution in [3.63, 3.8) is 0 Å². The van der Waals surface area contributed by atoms with E-state index in [0.717, 1.165) is 17.7 Å². The van der Waals surface area contributed by atoms with Crippen LogP contribution in [0.3, 0.4) is 0 Å². The van der Waals surface area contributed by atoms with Gasteiger partial charge in [-0.2, -0.15) is 0 Å². The second kappa shape index (κ2) is 6.80. The van der Waals surface area contributed by atoms with Crippen molar-refractivity contribution in [2.45, 2.75) is 6.92 Å². The number of benzene rings is 2. The molecule has 114 valence electrons. The summed E-state index contributed by atoms with van der Waals surface area (Å²) in [6.45, 7) is 1.27. The fourth-order valence-corrected chi connectivity index (χ4v) is 1.81. The Morgan fingerprint density at radius 2 is 1.77 bits per heavy atom. The first kappa shape index (κ1) is 15.6. The van der Waals surface area contributed by atoms with E-state index in [4.69, 9.17) is 4.74 Å². The molecule has 2 aromatic carbocycles. The average Bonchev–Trinajstić information content (AvgIpc) is 2.43. The molecule has 0 heterocycles. The maximum absolute atomic E-state index is 13.0. The van der Waals surface area contributed by atoms with Crippen LogP contribution in [0.2, 0.25) is 0 Å². The molecule has 22 heavy (non-hydrogen) atoms. The van der Waals surface area contributed by atoms with E-state index < -0.39 is 30.1 Å². The molecule has 0 saturated heterocycles. The van der Waals surface area contributed by atoms with Gasteiger partial charge in [0.1, 0.15) is 11.6 Å². The summed E-state index contributed by atoms with van der Waals surface area (Å²) in [5.41, 5.74) is 1.16. The Morgan fingerprint density at radius 3 is 2.41 bits per heavy atom. The molecule has 0 bridgehead atoms. The van der Waals surface area contributed by atoms with Crippen molar-refractivity contribution in [2.24, 2.45) is 0 Å². The van der Waals surface area contributed by atoms with Gasteiger partial charge < -0.3 is 10.1 Å². The minimum atomic E-state index is -0.813. The highest BCUT2D eigenvalue weighted by Crippen LogP contribution is 2.13. The fourth-order valence-electron chi connectivity index (χ4n) is 1.81. The maximum atomic E-state index is 13.0. The normalized spacial score (nSPS) is 10.1. The van der Waals surface area contributed by atoms with Crippen LogP contribution >= 0.6 is 0 Å². The molecule has 0 atom stereocenters. The van der Waals surface area contributed by atoms with Gasteiger partial charge in [0.15, 0.2) is 6.61 Å². The number of carbonyl (C=O) groups excluding carboxylic acids is 2. The third-order valence-corrected chi connectivity index (χ3v) is 2.73. The molecule has 6 heteroatoms. The lowest BCUT2D eigenvalue weighted by molar-refractivity contribution is -0.119. The molecule has 0 fully saturated rings. The Morgan fingerprint density at radius 1 is 1.09 bits per heavy atom. The van der Waals surface area contributed by atoms with Crippen LogP contribution in [0.5, 0.6) is 0 Å². The van der Waals surface area contributed by atoms with E-state index in [-0.39, 0.29) is 5.69 Å². The third kappa shape index (κ3) is 4.37. The van der Waals surface area contributed by atoms with Crippen molar-refractivity contribution >= 4 is 17.6 Å². The van der Waals surface area contributed by atoms with Gasteiger partial charge in [0, 0.05) is 11.8 Å². The highest BCUT2D eigenvalue weighted by Gasteiger charge is 2.11. The van der Waals surface area contributed by atoms with E-state index in [1.165, 1.54) is 0 Å². The minimum Gasteiger partial charge on any atom is -0.452 e. The first-order valence-electron chi connectivity index (χ1n) is 6.44. The molecule has 2 rings (SSSR count). The zero-order valence-corrected chi connectivity index (χ0v) is 11.7. The summed E-state index contributed by atoms with van der Waals surface area (Å²) in [4.78, 5) is 23.3. The monoisotopic (exact) mass is 305 g/mol. The molecule has 0 aliphatic heterocycles. The Kier molecular flexibility index (Phi) is 4.83. The number of carbonyl (C=O) groups is 2. The first-order chi connectivity index (χ1) is 10.4. The maximum Gasteiger partial charge on any atom is 0.338 e. The second-order valence-corrected chi connectivity index (χ2v) is 4.65. The lowest BCUT2D eigenvalue weighted by Gasteiger charge is -2.07. The molecule has 0 radical (unpaired) electrons. The molecule has 0 aliphatic carbocycles. The Hall–Kier alpha value is -2.76. The van der Waals surface area contributed by atoms with E-state index in [9.17, 15) is 18.4 Å². The summed E-state index contributed by atoms with van der Waals surface area (Å²) in [5.74, 6) is -2.96. The third-order valence-electron chi connectivity index (χ3n) is 2.73. The Balaban J connectivity index is 1.91. The van der Waals surface area contributed by atoms with Crippen LogP contribution in [-0.4, -0.2) is 18.5 Å². The van der Waals surface area contributed by atoms with E-state index in [1.54, 1.807) is 18.2 Å². The lowest BCUT2D eigenvalue weighted by atomic mass is 10.1. The van der Waals surface area contributed by atoms with E-state index in [0.29, 0.717) is 11.6 Å². The quantitative estimate of drug-likeness (QED) is 0.883. The smallest absolute Gasteiger partial charge is 0.338 e. The van der Waals surface area contributed by atoms with Gasteiger partial charge in [0.25, 0.3) is 5.91 Å². The predicted molar refractivity (Wildman–Crippen MR) is 76.4 cm³/mol. The summed E-state index contributed by atoms with van der Waals surface area (Å²) in [6.07, 6.45) is 0.